The lowest BCUT2D eigenvalue weighted by atomic mass is 10.2. The number of halogens is 4. The van der Waals surface area contributed by atoms with E-state index in [2.05, 4.69) is 9.84 Å². The molecule has 0 aliphatic carbocycles. The van der Waals surface area contributed by atoms with Crippen LogP contribution in [0.25, 0.3) is 0 Å². The summed E-state index contributed by atoms with van der Waals surface area (Å²) in [4.78, 5) is 10.7. The number of hydrogen-bond donors (Lipinski definition) is 1. The normalized spacial score (nSPS) is 12.1. The van der Waals surface area contributed by atoms with Crippen molar-refractivity contribution in [3.05, 3.63) is 17.5 Å². The maximum absolute atomic E-state index is 12.5. The molecule has 1 aromatic rings. The minimum Gasteiger partial charge on any atom is -0.478 e. The van der Waals surface area contributed by atoms with Crippen molar-refractivity contribution in [2.75, 3.05) is 6.61 Å². The van der Waals surface area contributed by atoms with Gasteiger partial charge in [-0.3, -0.25) is 4.68 Å². The fourth-order valence-electron chi connectivity index (χ4n) is 1.16. The quantitative estimate of drug-likeness (QED) is 0.796. The highest BCUT2D eigenvalue weighted by atomic mass is 19.3. The predicted molar refractivity (Wildman–Crippen MR) is 50.8 cm³/mol. The molecule has 0 bridgehead atoms. The van der Waals surface area contributed by atoms with Gasteiger partial charge in [0.2, 0.25) is 0 Å². The molecule has 0 saturated carbocycles. The van der Waals surface area contributed by atoms with E-state index in [0.717, 1.165) is 10.9 Å². The number of aryl methyl sites for hydroxylation is 1. The average molecular weight is 270 g/mol. The van der Waals surface area contributed by atoms with Gasteiger partial charge in [-0.05, 0) is 0 Å². The van der Waals surface area contributed by atoms with Gasteiger partial charge in [0, 0.05) is 7.05 Å². The summed E-state index contributed by atoms with van der Waals surface area (Å²) in [7, 11) is 1.39. The summed E-state index contributed by atoms with van der Waals surface area (Å²) in [6.45, 7) is -2.03. The van der Waals surface area contributed by atoms with Crippen LogP contribution in [0.1, 0.15) is 16.1 Å². The van der Waals surface area contributed by atoms with E-state index in [4.69, 9.17) is 5.11 Å². The molecule has 1 aromatic heterocycles. The third kappa shape index (κ3) is 3.19. The number of alkyl halides is 4. The number of carboxylic acid groups (broad SMARTS) is 1. The summed E-state index contributed by atoms with van der Waals surface area (Å²) in [5.74, 6) is -5.57. The van der Waals surface area contributed by atoms with E-state index in [1.165, 1.54) is 7.05 Å². The van der Waals surface area contributed by atoms with Crippen LogP contribution in [-0.2, 0) is 18.4 Å². The van der Waals surface area contributed by atoms with Gasteiger partial charge in [0.1, 0.15) is 12.2 Å². The van der Waals surface area contributed by atoms with E-state index in [1.54, 1.807) is 0 Å². The van der Waals surface area contributed by atoms with Gasteiger partial charge in [-0.2, -0.15) is 13.9 Å². The van der Waals surface area contributed by atoms with Crippen LogP contribution in [0.4, 0.5) is 17.6 Å². The van der Waals surface area contributed by atoms with Crippen LogP contribution >= 0.6 is 0 Å². The predicted octanol–water partition coefficient (Wildman–Crippen LogP) is 1.54. The molecule has 5 nitrogen and oxygen atoms in total. The molecule has 0 saturated heterocycles. The Balaban J connectivity index is 2.65. The van der Waals surface area contributed by atoms with E-state index in [-0.39, 0.29) is 11.3 Å². The molecule has 9 heteroatoms. The molecule has 0 atom stereocenters. The smallest absolute Gasteiger partial charge is 0.339 e. The molecule has 0 unspecified atom stereocenters. The number of ether oxygens (including phenoxy) is 1. The molecule has 0 amide bonds. The molecular formula is C9H10F4N2O3. The van der Waals surface area contributed by atoms with E-state index < -0.39 is 31.5 Å². The van der Waals surface area contributed by atoms with Crippen LogP contribution in [0.2, 0.25) is 0 Å². The van der Waals surface area contributed by atoms with Crippen molar-refractivity contribution in [1.82, 2.24) is 9.78 Å². The number of nitrogens with zero attached hydrogens (tertiary/aromatic N) is 2. The molecular weight excluding hydrogens is 260 g/mol. The Morgan fingerprint density at radius 3 is 2.72 bits per heavy atom. The van der Waals surface area contributed by atoms with Gasteiger partial charge in [-0.15, -0.1) is 0 Å². The van der Waals surface area contributed by atoms with Crippen LogP contribution in [0, 0.1) is 0 Å². The minimum absolute atomic E-state index is 0.0209. The maximum Gasteiger partial charge on any atom is 0.339 e. The van der Waals surface area contributed by atoms with E-state index >= 15 is 0 Å². The highest BCUT2D eigenvalue weighted by molar-refractivity contribution is 5.88. The van der Waals surface area contributed by atoms with Crippen LogP contribution in [0.5, 0.6) is 0 Å². The van der Waals surface area contributed by atoms with Crippen molar-refractivity contribution < 1.29 is 32.2 Å². The summed E-state index contributed by atoms with van der Waals surface area (Å²) in [5.41, 5.74) is -0.203. The molecule has 0 radical (unpaired) electrons. The standard InChI is InChI=1S/C9H10F4N2O3/c1-15-6(5(2-14-15)7(16)17)3-18-4-9(12,13)8(10)11/h2,8H,3-4H2,1H3,(H,16,17). The van der Waals surface area contributed by atoms with Crippen molar-refractivity contribution in [2.45, 2.75) is 19.0 Å². The molecule has 0 fully saturated rings. The monoisotopic (exact) mass is 270 g/mol. The van der Waals surface area contributed by atoms with Crippen LogP contribution in [0.3, 0.4) is 0 Å². The number of carboxylic acids is 1. The minimum atomic E-state index is -4.26. The summed E-state index contributed by atoms with van der Waals surface area (Å²) in [5, 5.41) is 12.4. The SMILES string of the molecule is Cn1ncc(C(=O)O)c1COCC(F)(F)C(F)F. The van der Waals surface area contributed by atoms with Gasteiger partial charge in [0.05, 0.1) is 18.5 Å². The van der Waals surface area contributed by atoms with Gasteiger partial charge in [0.25, 0.3) is 0 Å². The van der Waals surface area contributed by atoms with Crippen LogP contribution in [-0.4, -0.2) is 39.8 Å². The molecule has 1 heterocycles. The number of aromatic nitrogens is 2. The Kier molecular flexibility index (Phi) is 4.28. The summed E-state index contributed by atoms with van der Waals surface area (Å²) < 4.78 is 54.2. The average Bonchev–Trinajstić information content (AvgIpc) is 2.60. The zero-order valence-corrected chi connectivity index (χ0v) is 9.24. The van der Waals surface area contributed by atoms with Crippen molar-refractivity contribution in [2.24, 2.45) is 7.05 Å². The number of aromatic carboxylic acids is 1. The molecule has 102 valence electrons. The Labute approximate surface area is 99.0 Å². The molecule has 0 aliphatic rings. The van der Waals surface area contributed by atoms with Gasteiger partial charge in [-0.25, -0.2) is 13.6 Å². The van der Waals surface area contributed by atoms with Crippen LogP contribution < -0.4 is 0 Å². The molecule has 0 aliphatic heterocycles. The maximum atomic E-state index is 12.5. The first kappa shape index (κ1) is 14.4. The van der Waals surface area contributed by atoms with Gasteiger partial charge in [0.15, 0.2) is 0 Å². The van der Waals surface area contributed by atoms with Crippen LogP contribution in [0.15, 0.2) is 6.20 Å². The fraction of sp³-hybridized carbons (Fsp3) is 0.556. The zero-order chi connectivity index (χ0) is 13.9. The molecule has 18 heavy (non-hydrogen) atoms. The molecule has 0 spiro atoms. The highest BCUT2D eigenvalue weighted by Gasteiger charge is 2.41. The third-order valence-corrected chi connectivity index (χ3v) is 2.14. The Morgan fingerprint density at radius 1 is 1.61 bits per heavy atom. The highest BCUT2D eigenvalue weighted by Crippen LogP contribution is 2.23. The molecule has 0 aromatic carbocycles. The van der Waals surface area contributed by atoms with E-state index in [9.17, 15) is 22.4 Å². The molecule has 1 rings (SSSR count). The lowest BCUT2D eigenvalue weighted by Crippen LogP contribution is -2.32. The van der Waals surface area contributed by atoms with Gasteiger partial charge < -0.3 is 9.84 Å². The second-order valence-electron chi connectivity index (χ2n) is 3.49. The van der Waals surface area contributed by atoms with Crippen molar-refractivity contribution >= 4 is 5.97 Å². The zero-order valence-electron chi connectivity index (χ0n) is 9.24. The second-order valence-corrected chi connectivity index (χ2v) is 3.49. The number of carbonyl (C=O) groups is 1. The first-order valence-electron chi connectivity index (χ1n) is 4.73. The summed E-state index contributed by atoms with van der Waals surface area (Å²) >= 11 is 0. The number of rotatable bonds is 6. The van der Waals surface area contributed by atoms with Crippen molar-refractivity contribution in [3.8, 4) is 0 Å². The lowest BCUT2D eigenvalue weighted by Gasteiger charge is -2.15. The fourth-order valence-corrected chi connectivity index (χ4v) is 1.16. The largest absolute Gasteiger partial charge is 0.478 e. The van der Waals surface area contributed by atoms with E-state index in [0.29, 0.717) is 0 Å². The van der Waals surface area contributed by atoms with Gasteiger partial charge >= 0.3 is 18.3 Å². The summed E-state index contributed by atoms with van der Waals surface area (Å²) in [6.07, 6.45) is -2.81. The van der Waals surface area contributed by atoms with Crippen molar-refractivity contribution in [1.29, 1.82) is 0 Å². The Hall–Kier alpha value is -1.64. The third-order valence-electron chi connectivity index (χ3n) is 2.14. The first-order valence-corrected chi connectivity index (χ1v) is 4.73. The Morgan fingerprint density at radius 2 is 2.22 bits per heavy atom. The topological polar surface area (TPSA) is 64.4 Å². The van der Waals surface area contributed by atoms with Crippen molar-refractivity contribution in [3.63, 3.8) is 0 Å². The lowest BCUT2D eigenvalue weighted by molar-refractivity contribution is -0.168. The molecule has 1 N–H and O–H groups in total. The van der Waals surface area contributed by atoms with E-state index in [1.807, 2.05) is 0 Å². The second kappa shape index (κ2) is 5.34. The summed E-state index contributed by atoms with van der Waals surface area (Å²) in [6, 6.07) is 0. The first-order chi connectivity index (χ1) is 8.25. The number of hydrogen-bond acceptors (Lipinski definition) is 3. The Bertz CT molecular complexity index is 433. The van der Waals surface area contributed by atoms with Gasteiger partial charge in [-0.1, -0.05) is 0 Å².